The number of benzene rings is 2. The average Bonchev–Trinajstić information content (AvgIpc) is 2.41. The summed E-state index contributed by atoms with van der Waals surface area (Å²) in [6.07, 6.45) is 0. The van der Waals surface area contributed by atoms with E-state index in [1.807, 2.05) is 0 Å². The Balaban J connectivity index is 2.17. The van der Waals surface area contributed by atoms with Crippen molar-refractivity contribution in [3.63, 3.8) is 0 Å². The summed E-state index contributed by atoms with van der Waals surface area (Å²) in [5, 5.41) is 3.30. The van der Waals surface area contributed by atoms with Crippen LogP contribution >= 0.6 is 11.6 Å². The fourth-order valence-corrected chi connectivity index (χ4v) is 1.89. The molecule has 0 spiro atoms. The molecular weight excluding hydrogens is 286 g/mol. The zero-order chi connectivity index (χ0) is 14.7. The number of anilines is 1. The molecule has 3 nitrogen and oxygen atoms in total. The van der Waals surface area contributed by atoms with E-state index in [1.165, 1.54) is 30.3 Å². The maximum Gasteiger partial charge on any atom is 0.251 e. The van der Waals surface area contributed by atoms with Crippen LogP contribution in [-0.2, 0) is 6.54 Å². The third-order valence-corrected chi connectivity index (χ3v) is 2.96. The zero-order valence-corrected chi connectivity index (χ0v) is 11.0. The van der Waals surface area contributed by atoms with Crippen molar-refractivity contribution in [1.29, 1.82) is 0 Å². The quantitative estimate of drug-likeness (QED) is 0.909. The van der Waals surface area contributed by atoms with E-state index in [4.69, 9.17) is 17.3 Å². The van der Waals surface area contributed by atoms with Crippen LogP contribution in [0.5, 0.6) is 0 Å². The van der Waals surface area contributed by atoms with Crippen molar-refractivity contribution in [3.05, 3.63) is 64.2 Å². The second kappa shape index (κ2) is 5.88. The Bertz CT molecular complexity index is 662. The Hall–Kier alpha value is -2.14. The van der Waals surface area contributed by atoms with Gasteiger partial charge in [-0.3, -0.25) is 4.79 Å². The summed E-state index contributed by atoms with van der Waals surface area (Å²) in [7, 11) is 0. The number of carbonyl (C=O) groups is 1. The molecule has 0 aliphatic heterocycles. The third kappa shape index (κ3) is 3.24. The number of primary amides is 1. The predicted molar refractivity (Wildman–Crippen MR) is 73.7 cm³/mol. The van der Waals surface area contributed by atoms with Crippen LogP contribution in [0.3, 0.4) is 0 Å². The molecule has 1 amide bonds. The van der Waals surface area contributed by atoms with Crippen LogP contribution in [0.2, 0.25) is 5.02 Å². The molecule has 0 aromatic heterocycles. The first-order valence-corrected chi connectivity index (χ1v) is 6.12. The van der Waals surface area contributed by atoms with Gasteiger partial charge in [-0.15, -0.1) is 0 Å². The van der Waals surface area contributed by atoms with Gasteiger partial charge in [0.2, 0.25) is 0 Å². The van der Waals surface area contributed by atoms with Crippen molar-refractivity contribution >= 4 is 23.2 Å². The van der Waals surface area contributed by atoms with Gasteiger partial charge in [0.05, 0.1) is 5.56 Å². The van der Waals surface area contributed by atoms with E-state index in [-0.39, 0.29) is 12.1 Å². The van der Waals surface area contributed by atoms with Crippen LogP contribution < -0.4 is 11.1 Å². The largest absolute Gasteiger partial charge is 0.381 e. The highest BCUT2D eigenvalue weighted by Gasteiger charge is 2.09. The molecule has 0 bridgehead atoms. The SMILES string of the molecule is NC(=O)c1cc(NCc2cc(Cl)ccc2F)ccc1F. The van der Waals surface area contributed by atoms with E-state index >= 15 is 0 Å². The Kier molecular flexibility index (Phi) is 4.20. The minimum atomic E-state index is -0.861. The summed E-state index contributed by atoms with van der Waals surface area (Å²) in [5.41, 5.74) is 5.65. The topological polar surface area (TPSA) is 55.1 Å². The normalized spacial score (nSPS) is 10.3. The first kappa shape index (κ1) is 14.3. The summed E-state index contributed by atoms with van der Waals surface area (Å²) in [6.45, 7) is 0.149. The molecule has 0 heterocycles. The fraction of sp³-hybridized carbons (Fsp3) is 0.0714. The highest BCUT2D eigenvalue weighted by atomic mass is 35.5. The van der Waals surface area contributed by atoms with Gasteiger partial charge < -0.3 is 11.1 Å². The lowest BCUT2D eigenvalue weighted by molar-refractivity contribution is 0.0996. The molecule has 20 heavy (non-hydrogen) atoms. The summed E-state index contributed by atoms with van der Waals surface area (Å²) >= 11 is 5.78. The number of nitrogens with one attached hydrogen (secondary N) is 1. The number of amides is 1. The van der Waals surface area contributed by atoms with Crippen LogP contribution in [0.25, 0.3) is 0 Å². The smallest absolute Gasteiger partial charge is 0.251 e. The van der Waals surface area contributed by atoms with Gasteiger partial charge in [0.25, 0.3) is 5.91 Å². The minimum Gasteiger partial charge on any atom is -0.381 e. The molecule has 3 N–H and O–H groups in total. The zero-order valence-electron chi connectivity index (χ0n) is 10.3. The molecular formula is C14H11ClF2N2O. The second-order valence-corrected chi connectivity index (χ2v) is 4.58. The molecule has 0 atom stereocenters. The van der Waals surface area contributed by atoms with Gasteiger partial charge in [-0.2, -0.15) is 0 Å². The number of carbonyl (C=O) groups excluding carboxylic acids is 1. The van der Waals surface area contributed by atoms with Gasteiger partial charge in [0.1, 0.15) is 11.6 Å². The van der Waals surface area contributed by atoms with Crippen molar-refractivity contribution in [3.8, 4) is 0 Å². The van der Waals surface area contributed by atoms with Gasteiger partial charge in [0, 0.05) is 22.8 Å². The molecule has 0 radical (unpaired) electrons. The van der Waals surface area contributed by atoms with E-state index < -0.39 is 17.5 Å². The van der Waals surface area contributed by atoms with Crippen molar-refractivity contribution in [2.24, 2.45) is 5.73 Å². The molecule has 104 valence electrons. The molecule has 0 saturated heterocycles. The monoisotopic (exact) mass is 296 g/mol. The van der Waals surface area contributed by atoms with Gasteiger partial charge in [0.15, 0.2) is 0 Å². The minimum absolute atomic E-state index is 0.149. The number of hydrogen-bond acceptors (Lipinski definition) is 2. The fourth-order valence-electron chi connectivity index (χ4n) is 1.70. The molecule has 0 aliphatic rings. The van der Waals surface area contributed by atoms with Crippen molar-refractivity contribution in [1.82, 2.24) is 0 Å². The Morgan fingerprint density at radius 2 is 1.85 bits per heavy atom. The molecule has 2 aromatic carbocycles. The highest BCUT2D eigenvalue weighted by Crippen LogP contribution is 2.18. The van der Waals surface area contributed by atoms with E-state index in [9.17, 15) is 13.6 Å². The van der Waals surface area contributed by atoms with E-state index in [1.54, 1.807) is 0 Å². The van der Waals surface area contributed by atoms with E-state index in [2.05, 4.69) is 5.32 Å². The van der Waals surface area contributed by atoms with Crippen LogP contribution in [-0.4, -0.2) is 5.91 Å². The van der Waals surface area contributed by atoms with Crippen LogP contribution in [0.4, 0.5) is 14.5 Å². The molecule has 0 aliphatic carbocycles. The van der Waals surface area contributed by atoms with Crippen molar-refractivity contribution in [2.75, 3.05) is 5.32 Å². The average molecular weight is 297 g/mol. The second-order valence-electron chi connectivity index (χ2n) is 4.15. The van der Waals surface area contributed by atoms with E-state index in [0.717, 1.165) is 6.07 Å². The lowest BCUT2D eigenvalue weighted by Crippen LogP contribution is -2.13. The molecule has 0 saturated carbocycles. The lowest BCUT2D eigenvalue weighted by Gasteiger charge is -2.09. The summed E-state index contributed by atoms with van der Waals surface area (Å²) in [5.74, 6) is -1.96. The molecule has 6 heteroatoms. The van der Waals surface area contributed by atoms with Crippen molar-refractivity contribution < 1.29 is 13.6 Å². The number of halogens is 3. The maximum absolute atomic E-state index is 13.5. The van der Waals surface area contributed by atoms with E-state index in [0.29, 0.717) is 16.3 Å². The van der Waals surface area contributed by atoms with Crippen LogP contribution in [0, 0.1) is 11.6 Å². The molecule has 2 aromatic rings. The van der Waals surface area contributed by atoms with Gasteiger partial charge >= 0.3 is 0 Å². The predicted octanol–water partition coefficient (Wildman–Crippen LogP) is 3.33. The van der Waals surface area contributed by atoms with Gasteiger partial charge in [-0.05, 0) is 36.4 Å². The molecule has 0 fully saturated rings. The number of rotatable bonds is 4. The number of nitrogens with two attached hydrogens (primary N) is 1. The Morgan fingerprint density at radius 3 is 2.55 bits per heavy atom. The third-order valence-electron chi connectivity index (χ3n) is 2.72. The van der Waals surface area contributed by atoms with Crippen molar-refractivity contribution in [2.45, 2.75) is 6.54 Å². The van der Waals surface area contributed by atoms with Gasteiger partial charge in [-0.25, -0.2) is 8.78 Å². The summed E-state index contributed by atoms with van der Waals surface area (Å²) in [4.78, 5) is 11.0. The molecule has 2 rings (SSSR count). The number of hydrogen-bond donors (Lipinski definition) is 2. The Labute approximate surface area is 119 Å². The van der Waals surface area contributed by atoms with Crippen LogP contribution in [0.15, 0.2) is 36.4 Å². The highest BCUT2D eigenvalue weighted by molar-refractivity contribution is 6.30. The summed E-state index contributed by atoms with van der Waals surface area (Å²) < 4.78 is 26.8. The maximum atomic E-state index is 13.5. The Morgan fingerprint density at radius 1 is 1.15 bits per heavy atom. The first-order valence-electron chi connectivity index (χ1n) is 5.74. The van der Waals surface area contributed by atoms with Crippen LogP contribution in [0.1, 0.15) is 15.9 Å². The standard InChI is InChI=1S/C14H11ClF2N2O/c15-9-1-3-12(16)8(5-9)7-19-10-2-4-13(17)11(6-10)14(18)20/h1-6,19H,7H2,(H2,18,20). The lowest BCUT2D eigenvalue weighted by atomic mass is 10.1. The summed E-state index contributed by atoms with van der Waals surface area (Å²) in [6, 6.07) is 8.03. The van der Waals surface area contributed by atoms with Gasteiger partial charge in [-0.1, -0.05) is 11.6 Å². The first-order chi connectivity index (χ1) is 9.47. The molecule has 0 unspecified atom stereocenters.